The van der Waals surface area contributed by atoms with Crippen LogP contribution in [-0.4, -0.2) is 23.3 Å². The van der Waals surface area contributed by atoms with Gasteiger partial charge in [-0.1, -0.05) is 30.3 Å². The minimum atomic E-state index is -4.47. The van der Waals surface area contributed by atoms with Crippen LogP contribution in [0.15, 0.2) is 79.0 Å². The molecule has 2 amide bonds. The molecule has 4 rings (SSSR count). The first-order valence-corrected chi connectivity index (χ1v) is 10.4. The molecule has 0 aliphatic heterocycles. The van der Waals surface area contributed by atoms with Crippen LogP contribution in [0.4, 0.5) is 24.5 Å². The molecule has 0 aliphatic carbocycles. The van der Waals surface area contributed by atoms with E-state index in [1.807, 2.05) is 30.5 Å². The van der Waals surface area contributed by atoms with Crippen LogP contribution in [-0.2, 0) is 17.5 Å². The Hall–Kier alpha value is -4.27. The summed E-state index contributed by atoms with van der Waals surface area (Å²) >= 11 is 0. The van der Waals surface area contributed by atoms with Crippen molar-refractivity contribution in [2.24, 2.45) is 0 Å². The molecule has 0 spiro atoms. The summed E-state index contributed by atoms with van der Waals surface area (Å²) in [6.45, 7) is 0.0279. The van der Waals surface area contributed by atoms with Gasteiger partial charge in [-0.3, -0.25) is 9.59 Å². The van der Waals surface area contributed by atoms with Crippen molar-refractivity contribution in [2.45, 2.75) is 12.7 Å². The van der Waals surface area contributed by atoms with Gasteiger partial charge in [-0.25, -0.2) is 0 Å². The van der Waals surface area contributed by atoms with Gasteiger partial charge in [0, 0.05) is 29.3 Å². The van der Waals surface area contributed by atoms with E-state index in [4.69, 9.17) is 0 Å². The highest BCUT2D eigenvalue weighted by Gasteiger charge is 2.30. The number of amides is 2. The third-order valence-corrected chi connectivity index (χ3v) is 5.21. The Morgan fingerprint density at radius 2 is 1.71 bits per heavy atom. The van der Waals surface area contributed by atoms with Gasteiger partial charge >= 0.3 is 6.18 Å². The third kappa shape index (κ3) is 5.37. The quantitative estimate of drug-likeness (QED) is 0.303. The Labute approximate surface area is 193 Å². The van der Waals surface area contributed by atoms with Crippen molar-refractivity contribution in [3.05, 3.63) is 95.7 Å². The summed E-state index contributed by atoms with van der Waals surface area (Å²) in [5.41, 5.74) is 1.84. The molecule has 0 atom stereocenters. The molecule has 34 heavy (non-hydrogen) atoms. The molecule has 6 nitrogen and oxygen atoms in total. The van der Waals surface area contributed by atoms with Gasteiger partial charge in [0.1, 0.15) is 0 Å². The number of H-pyrrole nitrogens is 1. The molecule has 0 fully saturated rings. The van der Waals surface area contributed by atoms with Crippen LogP contribution in [0.25, 0.3) is 10.9 Å². The topological polar surface area (TPSA) is 86.0 Å². The molecule has 9 heteroatoms. The fourth-order valence-electron chi connectivity index (χ4n) is 3.55. The second kappa shape index (κ2) is 9.70. The van der Waals surface area contributed by atoms with Crippen LogP contribution in [0, 0.1) is 0 Å². The van der Waals surface area contributed by atoms with E-state index in [-0.39, 0.29) is 23.7 Å². The normalized spacial score (nSPS) is 11.3. The molecule has 174 valence electrons. The van der Waals surface area contributed by atoms with Crippen LogP contribution in [0.1, 0.15) is 21.5 Å². The van der Waals surface area contributed by atoms with Crippen molar-refractivity contribution in [1.82, 2.24) is 10.3 Å². The van der Waals surface area contributed by atoms with Crippen LogP contribution in [0.2, 0.25) is 0 Å². The van der Waals surface area contributed by atoms with E-state index in [9.17, 15) is 22.8 Å². The van der Waals surface area contributed by atoms with Gasteiger partial charge in [-0.15, -0.1) is 0 Å². The largest absolute Gasteiger partial charge is 0.416 e. The lowest BCUT2D eigenvalue weighted by molar-refractivity contribution is -0.137. The molecular formula is C25H21F3N4O2. The van der Waals surface area contributed by atoms with E-state index >= 15 is 0 Å². The summed E-state index contributed by atoms with van der Waals surface area (Å²) in [4.78, 5) is 28.3. The van der Waals surface area contributed by atoms with E-state index in [1.165, 1.54) is 12.1 Å². The third-order valence-electron chi connectivity index (χ3n) is 5.21. The number of nitrogens with one attached hydrogen (secondary N) is 4. The molecule has 0 unspecified atom stereocenters. The van der Waals surface area contributed by atoms with E-state index in [1.54, 1.807) is 24.3 Å². The van der Waals surface area contributed by atoms with Gasteiger partial charge in [0.25, 0.3) is 5.91 Å². The number of halogens is 3. The van der Waals surface area contributed by atoms with Crippen molar-refractivity contribution < 1.29 is 22.8 Å². The number of fused-ring (bicyclic) bond motifs is 1. The summed E-state index contributed by atoms with van der Waals surface area (Å²) in [5.74, 6) is -0.871. The fraction of sp³-hybridized carbons (Fsp3) is 0.120. The van der Waals surface area contributed by atoms with Crippen LogP contribution in [0.3, 0.4) is 0 Å². The highest BCUT2D eigenvalue weighted by Crippen LogP contribution is 2.30. The number of alkyl halides is 3. The van der Waals surface area contributed by atoms with Crippen LogP contribution in [0.5, 0.6) is 0 Å². The molecule has 0 bridgehead atoms. The van der Waals surface area contributed by atoms with Crippen molar-refractivity contribution in [2.75, 3.05) is 17.2 Å². The van der Waals surface area contributed by atoms with Crippen molar-refractivity contribution >= 4 is 34.1 Å². The smallest absolute Gasteiger partial charge is 0.376 e. The maximum absolute atomic E-state index is 12.9. The molecule has 1 aromatic heterocycles. The molecule has 0 radical (unpaired) electrons. The standard InChI is InChI=1S/C25H21F3N4O2/c26-25(27,28)17-6-4-7-18(13-17)30-15-23(33)32-22-9-2-1-8-20(22)24(34)31-14-16-5-3-10-21-19(16)11-12-29-21/h1-13,29-30H,14-15H2,(H,31,34)(H,32,33). The first-order chi connectivity index (χ1) is 16.3. The predicted octanol–water partition coefficient (Wildman–Crippen LogP) is 5.17. The average Bonchev–Trinajstić information content (AvgIpc) is 3.31. The number of carbonyl (C=O) groups is 2. The van der Waals surface area contributed by atoms with Gasteiger partial charge < -0.3 is 20.9 Å². The zero-order valence-electron chi connectivity index (χ0n) is 17.9. The molecule has 4 aromatic rings. The Bertz CT molecular complexity index is 1330. The number of carbonyl (C=O) groups excluding carboxylic acids is 2. The predicted molar refractivity (Wildman–Crippen MR) is 124 cm³/mol. The number of aromatic nitrogens is 1. The van der Waals surface area contributed by atoms with Crippen LogP contribution < -0.4 is 16.0 Å². The summed E-state index contributed by atoms with van der Waals surface area (Å²) in [7, 11) is 0. The first-order valence-electron chi connectivity index (χ1n) is 10.4. The highest BCUT2D eigenvalue weighted by atomic mass is 19.4. The van der Waals surface area contributed by atoms with Crippen molar-refractivity contribution in [3.63, 3.8) is 0 Å². The van der Waals surface area contributed by atoms with Crippen molar-refractivity contribution in [3.8, 4) is 0 Å². The lowest BCUT2D eigenvalue weighted by atomic mass is 10.1. The Morgan fingerprint density at radius 3 is 2.53 bits per heavy atom. The van der Waals surface area contributed by atoms with Gasteiger partial charge in [-0.2, -0.15) is 13.2 Å². The second-order valence-corrected chi connectivity index (χ2v) is 7.56. The lowest BCUT2D eigenvalue weighted by Crippen LogP contribution is -2.26. The zero-order valence-corrected chi connectivity index (χ0v) is 17.9. The summed E-state index contributed by atoms with van der Waals surface area (Å²) in [6.07, 6.45) is -2.65. The molecule has 4 N–H and O–H groups in total. The van der Waals surface area contributed by atoms with Crippen molar-refractivity contribution in [1.29, 1.82) is 0 Å². The number of hydrogen-bond acceptors (Lipinski definition) is 3. The summed E-state index contributed by atoms with van der Waals surface area (Å²) < 4.78 is 38.6. The minimum Gasteiger partial charge on any atom is -0.376 e. The summed E-state index contributed by atoms with van der Waals surface area (Å²) in [6, 6.07) is 18.8. The fourth-order valence-corrected chi connectivity index (χ4v) is 3.55. The first kappa shape index (κ1) is 22.9. The molecule has 3 aromatic carbocycles. The number of benzene rings is 3. The molecule has 0 saturated carbocycles. The Balaban J connectivity index is 1.38. The maximum atomic E-state index is 12.9. The maximum Gasteiger partial charge on any atom is 0.416 e. The Kier molecular flexibility index (Phi) is 6.53. The van der Waals surface area contributed by atoms with Gasteiger partial charge in [0.2, 0.25) is 5.91 Å². The number of para-hydroxylation sites is 1. The lowest BCUT2D eigenvalue weighted by Gasteiger charge is -2.13. The van der Waals surface area contributed by atoms with E-state index in [2.05, 4.69) is 20.9 Å². The number of anilines is 2. The van der Waals surface area contributed by atoms with Gasteiger partial charge in [-0.05, 0) is 48.0 Å². The molecule has 0 saturated heterocycles. The second-order valence-electron chi connectivity index (χ2n) is 7.56. The van der Waals surface area contributed by atoms with Crippen LogP contribution >= 0.6 is 0 Å². The van der Waals surface area contributed by atoms with E-state index in [0.29, 0.717) is 12.2 Å². The number of hydrogen-bond donors (Lipinski definition) is 4. The number of rotatable bonds is 7. The molecule has 1 heterocycles. The van der Waals surface area contributed by atoms with Gasteiger partial charge in [0.15, 0.2) is 0 Å². The molecule has 0 aliphatic rings. The monoisotopic (exact) mass is 466 g/mol. The SMILES string of the molecule is O=C(CNc1cccc(C(F)(F)F)c1)Nc1ccccc1C(=O)NCc1cccc2[nH]ccc12. The number of aromatic amines is 1. The highest BCUT2D eigenvalue weighted by molar-refractivity contribution is 6.04. The minimum absolute atomic E-state index is 0.162. The average molecular weight is 466 g/mol. The molecular weight excluding hydrogens is 445 g/mol. The van der Waals surface area contributed by atoms with E-state index in [0.717, 1.165) is 28.6 Å². The van der Waals surface area contributed by atoms with Gasteiger partial charge in [0.05, 0.1) is 23.4 Å². The zero-order chi connectivity index (χ0) is 24.1. The Morgan fingerprint density at radius 1 is 0.912 bits per heavy atom. The van der Waals surface area contributed by atoms with E-state index < -0.39 is 17.6 Å². The summed E-state index contributed by atoms with van der Waals surface area (Å²) in [5, 5.41) is 9.18.